The van der Waals surface area contributed by atoms with E-state index < -0.39 is 0 Å². The molecule has 5 heteroatoms. The van der Waals surface area contributed by atoms with Gasteiger partial charge in [0.25, 0.3) is 0 Å². The zero-order valence-electron chi connectivity index (χ0n) is 18.0. The Labute approximate surface area is 171 Å². The topological polar surface area (TPSA) is 54.9 Å². The van der Waals surface area contributed by atoms with Gasteiger partial charge in [0.1, 0.15) is 0 Å². The highest BCUT2D eigenvalue weighted by atomic mass is 16.5. The molecule has 2 rings (SSSR count). The van der Waals surface area contributed by atoms with Crippen molar-refractivity contribution in [2.75, 3.05) is 26.3 Å². The van der Waals surface area contributed by atoms with Gasteiger partial charge in [-0.1, -0.05) is 51.0 Å². The number of ether oxygens (including phenoxy) is 2. The maximum absolute atomic E-state index is 6.04. The summed E-state index contributed by atoms with van der Waals surface area (Å²) in [7, 11) is 0. The van der Waals surface area contributed by atoms with Gasteiger partial charge < -0.3 is 20.1 Å². The predicted molar refractivity (Wildman–Crippen MR) is 117 cm³/mol. The Morgan fingerprint density at radius 1 is 1.18 bits per heavy atom. The van der Waals surface area contributed by atoms with E-state index in [-0.39, 0.29) is 0 Å². The highest BCUT2D eigenvalue weighted by Gasteiger charge is 2.14. The molecule has 0 saturated carbocycles. The van der Waals surface area contributed by atoms with Gasteiger partial charge in [0, 0.05) is 26.3 Å². The van der Waals surface area contributed by atoms with Crippen molar-refractivity contribution in [1.29, 1.82) is 0 Å². The summed E-state index contributed by atoms with van der Waals surface area (Å²) >= 11 is 0. The molecule has 1 aliphatic heterocycles. The Hall–Kier alpha value is -1.59. The second kappa shape index (κ2) is 13.6. The van der Waals surface area contributed by atoms with Crippen LogP contribution >= 0.6 is 0 Å². The van der Waals surface area contributed by atoms with Gasteiger partial charge in [0.2, 0.25) is 0 Å². The molecule has 0 aromatic heterocycles. The average Bonchev–Trinajstić information content (AvgIpc) is 2.71. The molecule has 1 fully saturated rings. The third kappa shape index (κ3) is 9.56. The largest absolute Gasteiger partial charge is 0.381 e. The Kier molecular flexibility index (Phi) is 11.0. The van der Waals surface area contributed by atoms with Crippen LogP contribution in [0.1, 0.15) is 64.0 Å². The molecule has 0 aliphatic carbocycles. The van der Waals surface area contributed by atoms with Crippen LogP contribution in [0.25, 0.3) is 0 Å². The van der Waals surface area contributed by atoms with Gasteiger partial charge in [0.15, 0.2) is 5.96 Å². The molecule has 5 nitrogen and oxygen atoms in total. The lowest BCUT2D eigenvalue weighted by Gasteiger charge is -2.22. The van der Waals surface area contributed by atoms with Gasteiger partial charge in [-0.05, 0) is 43.2 Å². The Morgan fingerprint density at radius 3 is 2.71 bits per heavy atom. The Bertz CT molecular complexity index is 569. The average molecular weight is 390 g/mol. The van der Waals surface area contributed by atoms with E-state index in [9.17, 15) is 0 Å². The summed E-state index contributed by atoms with van der Waals surface area (Å²) in [6.45, 7) is 11.5. The highest BCUT2D eigenvalue weighted by Crippen LogP contribution is 2.14. The molecule has 0 unspecified atom stereocenters. The van der Waals surface area contributed by atoms with Gasteiger partial charge in [-0.2, -0.15) is 0 Å². The summed E-state index contributed by atoms with van der Waals surface area (Å²) in [6.07, 6.45) is 6.06. The van der Waals surface area contributed by atoms with E-state index in [1.807, 2.05) is 0 Å². The van der Waals surface area contributed by atoms with Crippen LogP contribution in [-0.4, -0.2) is 38.4 Å². The molecule has 1 aliphatic rings. The maximum Gasteiger partial charge on any atom is 0.191 e. The Morgan fingerprint density at radius 2 is 1.96 bits per heavy atom. The van der Waals surface area contributed by atoms with Crippen LogP contribution in [0, 0.1) is 5.92 Å². The van der Waals surface area contributed by atoms with Crippen molar-refractivity contribution in [3.63, 3.8) is 0 Å². The van der Waals surface area contributed by atoms with E-state index in [4.69, 9.17) is 14.5 Å². The zero-order valence-corrected chi connectivity index (χ0v) is 18.0. The highest BCUT2D eigenvalue weighted by molar-refractivity contribution is 5.79. The van der Waals surface area contributed by atoms with Gasteiger partial charge in [0.05, 0.1) is 19.3 Å². The lowest BCUT2D eigenvalue weighted by molar-refractivity contribution is -0.0390. The van der Waals surface area contributed by atoms with Gasteiger partial charge in [-0.25, -0.2) is 4.99 Å². The lowest BCUT2D eigenvalue weighted by atomic mass is 10.1. The maximum atomic E-state index is 6.04. The van der Waals surface area contributed by atoms with Crippen LogP contribution in [0.5, 0.6) is 0 Å². The van der Waals surface area contributed by atoms with Crippen LogP contribution in [0.3, 0.4) is 0 Å². The molecule has 1 heterocycles. The third-order valence-electron chi connectivity index (χ3n) is 4.91. The van der Waals surface area contributed by atoms with E-state index in [1.54, 1.807) is 0 Å². The molecule has 0 radical (unpaired) electrons. The van der Waals surface area contributed by atoms with Crippen molar-refractivity contribution in [2.45, 2.75) is 72.1 Å². The fourth-order valence-corrected chi connectivity index (χ4v) is 3.27. The predicted octanol–water partition coefficient (Wildman–Crippen LogP) is 4.26. The molecular weight excluding hydrogens is 350 g/mol. The van der Waals surface area contributed by atoms with Gasteiger partial charge in [-0.3, -0.25) is 0 Å². The third-order valence-corrected chi connectivity index (χ3v) is 4.91. The van der Waals surface area contributed by atoms with Gasteiger partial charge >= 0.3 is 0 Å². The van der Waals surface area contributed by atoms with Gasteiger partial charge in [-0.15, -0.1) is 0 Å². The van der Waals surface area contributed by atoms with Crippen LogP contribution in [0.4, 0.5) is 0 Å². The molecule has 0 bridgehead atoms. The van der Waals surface area contributed by atoms with Crippen molar-refractivity contribution < 1.29 is 9.47 Å². The van der Waals surface area contributed by atoms with E-state index in [1.165, 1.54) is 30.4 Å². The zero-order chi connectivity index (χ0) is 20.0. The molecular formula is C23H39N3O2. The second-order valence-corrected chi connectivity index (χ2v) is 7.95. The molecule has 0 amide bonds. The number of unbranched alkanes of at least 4 members (excludes halogenated alkanes) is 1. The number of hydrogen-bond donors (Lipinski definition) is 2. The molecule has 1 saturated heterocycles. The van der Waals surface area contributed by atoms with Crippen molar-refractivity contribution in [2.24, 2.45) is 10.9 Å². The number of nitrogens with zero attached hydrogens (tertiary/aromatic N) is 1. The molecule has 28 heavy (non-hydrogen) atoms. The number of guanidine groups is 1. The second-order valence-electron chi connectivity index (χ2n) is 7.95. The first-order valence-electron chi connectivity index (χ1n) is 11.0. The minimum atomic E-state index is 0.329. The summed E-state index contributed by atoms with van der Waals surface area (Å²) < 4.78 is 11.4. The molecule has 158 valence electrons. The molecule has 1 aromatic rings. The minimum Gasteiger partial charge on any atom is -0.381 e. The normalized spacial score (nSPS) is 15.8. The lowest BCUT2D eigenvalue weighted by Crippen LogP contribution is -2.37. The van der Waals surface area contributed by atoms with Crippen molar-refractivity contribution in [3.05, 3.63) is 35.4 Å². The minimum absolute atomic E-state index is 0.329. The van der Waals surface area contributed by atoms with Crippen LogP contribution in [0.15, 0.2) is 29.3 Å². The number of aliphatic imine (C=N–C) groups is 1. The number of rotatable bonds is 11. The first-order chi connectivity index (χ1) is 13.7. The number of nitrogens with one attached hydrogen (secondary N) is 2. The van der Waals surface area contributed by atoms with Crippen molar-refractivity contribution >= 4 is 5.96 Å². The molecule has 2 N–H and O–H groups in total. The van der Waals surface area contributed by atoms with Crippen LogP contribution in [0.2, 0.25) is 0 Å². The summed E-state index contributed by atoms with van der Waals surface area (Å²) in [6, 6.07) is 8.56. The summed E-state index contributed by atoms with van der Waals surface area (Å²) in [5.41, 5.74) is 2.43. The fourth-order valence-electron chi connectivity index (χ4n) is 3.27. The quantitative estimate of drug-likeness (QED) is 0.337. The fraction of sp³-hybridized carbons (Fsp3) is 0.696. The Balaban J connectivity index is 1.78. The van der Waals surface area contributed by atoms with E-state index >= 15 is 0 Å². The number of benzene rings is 1. The standard InChI is InChI=1S/C23H39N3O2/c1-4-24-23(25-13-6-5-8-19(2)3)26-17-20-9-7-10-21(16-20)18-28-22-11-14-27-15-12-22/h7,9-10,16,19,22H,4-6,8,11-15,17-18H2,1-3H3,(H2,24,25,26). The monoisotopic (exact) mass is 389 g/mol. The van der Waals surface area contributed by atoms with Crippen molar-refractivity contribution in [1.82, 2.24) is 10.6 Å². The molecule has 0 atom stereocenters. The molecule has 1 aromatic carbocycles. The van der Waals surface area contributed by atoms with Crippen LogP contribution in [-0.2, 0) is 22.6 Å². The van der Waals surface area contributed by atoms with E-state index in [0.717, 1.165) is 51.0 Å². The smallest absolute Gasteiger partial charge is 0.191 e. The first-order valence-corrected chi connectivity index (χ1v) is 11.0. The number of hydrogen-bond acceptors (Lipinski definition) is 3. The summed E-state index contributed by atoms with van der Waals surface area (Å²) in [5.74, 6) is 1.68. The summed E-state index contributed by atoms with van der Waals surface area (Å²) in [5, 5.41) is 6.79. The summed E-state index contributed by atoms with van der Waals surface area (Å²) in [4.78, 5) is 4.74. The van der Waals surface area contributed by atoms with Crippen molar-refractivity contribution in [3.8, 4) is 0 Å². The molecule has 0 spiro atoms. The van der Waals surface area contributed by atoms with Crippen LogP contribution < -0.4 is 10.6 Å². The van der Waals surface area contributed by atoms with E-state index in [2.05, 4.69) is 55.7 Å². The van der Waals surface area contributed by atoms with E-state index in [0.29, 0.717) is 19.3 Å². The first kappa shape index (κ1) is 22.7. The SMILES string of the molecule is CCNC(=NCc1cccc(COC2CCOCC2)c1)NCCCCC(C)C.